The molecule has 7 nitrogen and oxygen atoms in total. The van der Waals surface area contributed by atoms with Crippen LogP contribution in [0, 0.1) is 6.92 Å². The molecule has 3 rings (SSSR count). The molecule has 0 saturated carbocycles. The average molecular weight is 341 g/mol. The summed E-state index contributed by atoms with van der Waals surface area (Å²) in [4.78, 5) is 29.5. The number of hydrogen-bond acceptors (Lipinski definition) is 5. The Bertz CT molecular complexity index is 801. The maximum absolute atomic E-state index is 12.5. The normalized spacial score (nSPS) is 14.2. The Morgan fingerprint density at radius 3 is 2.64 bits per heavy atom. The molecule has 0 unspecified atom stereocenters. The van der Waals surface area contributed by atoms with E-state index in [9.17, 15) is 9.59 Å². The molecule has 7 heteroatoms. The summed E-state index contributed by atoms with van der Waals surface area (Å²) in [5.41, 5.74) is 2.98. The first kappa shape index (κ1) is 16.9. The molecule has 0 bridgehead atoms. The number of ether oxygens (including phenoxy) is 1. The van der Waals surface area contributed by atoms with Crippen molar-refractivity contribution in [2.75, 3.05) is 36.5 Å². The summed E-state index contributed by atoms with van der Waals surface area (Å²) in [6.07, 6.45) is 2.65. The highest BCUT2D eigenvalue weighted by atomic mass is 16.5. The van der Waals surface area contributed by atoms with Crippen LogP contribution in [-0.4, -0.2) is 48.3 Å². The van der Waals surface area contributed by atoms with E-state index >= 15 is 0 Å². The lowest BCUT2D eigenvalue weighted by molar-refractivity contribution is 0.0696. The van der Waals surface area contributed by atoms with Crippen molar-refractivity contribution in [1.29, 1.82) is 0 Å². The summed E-state index contributed by atoms with van der Waals surface area (Å²) in [6.45, 7) is 4.92. The molecule has 1 aliphatic heterocycles. The molecular weight excluding hydrogens is 322 g/mol. The number of rotatable bonds is 4. The highest BCUT2D eigenvalue weighted by Crippen LogP contribution is 2.23. The zero-order valence-electron chi connectivity index (χ0n) is 13.9. The fraction of sp³-hybridized carbons (Fsp3) is 0.278. The van der Waals surface area contributed by atoms with Crippen LogP contribution in [0.1, 0.15) is 26.3 Å². The number of benzene rings is 1. The van der Waals surface area contributed by atoms with Gasteiger partial charge in [-0.1, -0.05) is 6.07 Å². The Hall–Kier alpha value is -2.93. The molecule has 1 saturated heterocycles. The quantitative estimate of drug-likeness (QED) is 0.886. The predicted molar refractivity (Wildman–Crippen MR) is 93.4 cm³/mol. The number of amides is 1. The third-order valence-corrected chi connectivity index (χ3v) is 4.07. The fourth-order valence-corrected chi connectivity index (χ4v) is 2.72. The van der Waals surface area contributed by atoms with E-state index in [0.717, 1.165) is 24.3 Å². The number of carbonyl (C=O) groups is 2. The van der Waals surface area contributed by atoms with Crippen LogP contribution in [-0.2, 0) is 4.74 Å². The molecule has 0 spiro atoms. The minimum absolute atomic E-state index is 0.0238. The van der Waals surface area contributed by atoms with E-state index in [4.69, 9.17) is 9.84 Å². The smallest absolute Gasteiger partial charge is 0.337 e. The van der Waals surface area contributed by atoms with Crippen LogP contribution in [0.15, 0.2) is 36.7 Å². The molecule has 25 heavy (non-hydrogen) atoms. The van der Waals surface area contributed by atoms with Gasteiger partial charge < -0.3 is 20.1 Å². The van der Waals surface area contributed by atoms with Crippen LogP contribution in [0.25, 0.3) is 0 Å². The minimum Gasteiger partial charge on any atom is -0.478 e. The Morgan fingerprint density at radius 1 is 1.16 bits per heavy atom. The second kappa shape index (κ2) is 7.31. The van der Waals surface area contributed by atoms with Gasteiger partial charge in [0, 0.05) is 30.5 Å². The van der Waals surface area contributed by atoms with E-state index in [-0.39, 0.29) is 11.5 Å². The Morgan fingerprint density at radius 2 is 1.92 bits per heavy atom. The lowest BCUT2D eigenvalue weighted by Gasteiger charge is -2.30. The van der Waals surface area contributed by atoms with E-state index in [2.05, 4.69) is 15.2 Å². The molecular formula is C18H19N3O4. The number of anilines is 2. The van der Waals surface area contributed by atoms with Gasteiger partial charge in [0.25, 0.3) is 5.91 Å². The number of nitrogens with zero attached hydrogens (tertiary/aromatic N) is 2. The molecule has 1 aliphatic rings. The second-order valence-corrected chi connectivity index (χ2v) is 5.82. The number of aryl methyl sites for hydroxylation is 1. The second-order valence-electron chi connectivity index (χ2n) is 5.82. The number of hydrogen-bond donors (Lipinski definition) is 2. The number of pyridine rings is 1. The van der Waals surface area contributed by atoms with Crippen LogP contribution in [0.3, 0.4) is 0 Å². The molecule has 130 valence electrons. The average Bonchev–Trinajstić information content (AvgIpc) is 2.63. The molecule has 1 amide bonds. The van der Waals surface area contributed by atoms with E-state index in [1.165, 1.54) is 18.5 Å². The van der Waals surface area contributed by atoms with Crippen molar-refractivity contribution in [2.24, 2.45) is 0 Å². The van der Waals surface area contributed by atoms with E-state index in [0.29, 0.717) is 24.5 Å². The number of carboxylic acids is 1. The van der Waals surface area contributed by atoms with Crippen molar-refractivity contribution in [3.8, 4) is 0 Å². The van der Waals surface area contributed by atoms with Gasteiger partial charge in [0.2, 0.25) is 0 Å². The number of aromatic nitrogens is 1. The van der Waals surface area contributed by atoms with Crippen molar-refractivity contribution in [2.45, 2.75) is 6.92 Å². The number of carbonyl (C=O) groups excluding carboxylic acids is 1. The van der Waals surface area contributed by atoms with Gasteiger partial charge in [-0.05, 0) is 30.7 Å². The summed E-state index contributed by atoms with van der Waals surface area (Å²) in [7, 11) is 0. The van der Waals surface area contributed by atoms with Crippen molar-refractivity contribution in [3.63, 3.8) is 0 Å². The molecule has 2 heterocycles. The van der Waals surface area contributed by atoms with Gasteiger partial charge in [0.05, 0.1) is 30.7 Å². The van der Waals surface area contributed by atoms with Crippen LogP contribution in [0.2, 0.25) is 0 Å². The molecule has 2 aromatic rings. The molecule has 0 atom stereocenters. The molecule has 2 N–H and O–H groups in total. The van der Waals surface area contributed by atoms with E-state index in [1.54, 1.807) is 6.07 Å². The number of carboxylic acid groups (broad SMARTS) is 1. The topological polar surface area (TPSA) is 91.8 Å². The monoisotopic (exact) mass is 341 g/mol. The molecule has 0 radical (unpaired) electrons. The highest BCUT2D eigenvalue weighted by Gasteiger charge is 2.16. The van der Waals surface area contributed by atoms with Crippen LogP contribution < -0.4 is 10.2 Å². The highest BCUT2D eigenvalue weighted by molar-refractivity contribution is 6.05. The standard InChI is InChI=1S/C18H19N3O4/c1-12-2-3-13(9-16(12)21-4-6-25-7-5-21)17(22)20-15-8-14(18(23)24)10-19-11-15/h2-3,8-11H,4-7H2,1H3,(H,20,22)(H,23,24). The maximum Gasteiger partial charge on any atom is 0.337 e. The summed E-state index contributed by atoms with van der Waals surface area (Å²) in [5, 5.41) is 11.7. The van der Waals surface area contributed by atoms with Gasteiger partial charge in [-0.3, -0.25) is 9.78 Å². The van der Waals surface area contributed by atoms with Gasteiger partial charge >= 0.3 is 5.97 Å². The van der Waals surface area contributed by atoms with Gasteiger partial charge in [-0.25, -0.2) is 4.79 Å². The van der Waals surface area contributed by atoms with E-state index < -0.39 is 5.97 Å². The molecule has 1 fully saturated rings. The fourth-order valence-electron chi connectivity index (χ4n) is 2.72. The summed E-state index contributed by atoms with van der Waals surface area (Å²) < 4.78 is 5.37. The number of nitrogens with one attached hydrogen (secondary N) is 1. The largest absolute Gasteiger partial charge is 0.478 e. The third kappa shape index (κ3) is 3.95. The van der Waals surface area contributed by atoms with Crippen LogP contribution >= 0.6 is 0 Å². The third-order valence-electron chi connectivity index (χ3n) is 4.07. The summed E-state index contributed by atoms with van der Waals surface area (Å²) >= 11 is 0. The predicted octanol–water partition coefficient (Wildman–Crippen LogP) is 2.18. The van der Waals surface area contributed by atoms with E-state index in [1.807, 2.05) is 19.1 Å². The zero-order chi connectivity index (χ0) is 17.8. The summed E-state index contributed by atoms with van der Waals surface area (Å²) in [5.74, 6) is -1.40. The van der Waals surface area contributed by atoms with Crippen LogP contribution in [0.5, 0.6) is 0 Å². The molecule has 0 aliphatic carbocycles. The van der Waals surface area contributed by atoms with Crippen molar-refractivity contribution in [1.82, 2.24) is 4.98 Å². The lowest BCUT2D eigenvalue weighted by atomic mass is 10.1. The first-order valence-corrected chi connectivity index (χ1v) is 7.97. The van der Waals surface area contributed by atoms with Gasteiger partial charge in [-0.15, -0.1) is 0 Å². The van der Waals surface area contributed by atoms with Crippen molar-refractivity contribution >= 4 is 23.3 Å². The SMILES string of the molecule is Cc1ccc(C(=O)Nc2cncc(C(=O)O)c2)cc1N1CCOCC1. The van der Waals surface area contributed by atoms with Crippen molar-refractivity contribution in [3.05, 3.63) is 53.3 Å². The zero-order valence-corrected chi connectivity index (χ0v) is 13.9. The molecule has 1 aromatic carbocycles. The van der Waals surface area contributed by atoms with Crippen LogP contribution in [0.4, 0.5) is 11.4 Å². The molecule has 1 aromatic heterocycles. The maximum atomic E-state index is 12.5. The van der Waals surface area contributed by atoms with Gasteiger partial charge in [0.1, 0.15) is 0 Å². The van der Waals surface area contributed by atoms with Gasteiger partial charge in [0.15, 0.2) is 0 Å². The van der Waals surface area contributed by atoms with Crippen molar-refractivity contribution < 1.29 is 19.4 Å². The number of morpholine rings is 1. The Kier molecular flexibility index (Phi) is 4.95. The first-order chi connectivity index (χ1) is 12.0. The number of aromatic carboxylic acids is 1. The Balaban J connectivity index is 1.80. The first-order valence-electron chi connectivity index (χ1n) is 7.97. The summed E-state index contributed by atoms with van der Waals surface area (Å²) in [6, 6.07) is 6.89. The lowest BCUT2D eigenvalue weighted by Crippen LogP contribution is -2.36. The van der Waals surface area contributed by atoms with Gasteiger partial charge in [-0.2, -0.15) is 0 Å². The Labute approximate surface area is 145 Å². The minimum atomic E-state index is -1.09.